The first-order valence-corrected chi connectivity index (χ1v) is 10.9. The van der Waals surface area contributed by atoms with Gasteiger partial charge in [0.15, 0.2) is 11.7 Å². The fourth-order valence-corrected chi connectivity index (χ4v) is 4.31. The van der Waals surface area contributed by atoms with Gasteiger partial charge >= 0.3 is 5.97 Å². The number of methoxy groups -OCH3 is 1. The van der Waals surface area contributed by atoms with Gasteiger partial charge in [-0.05, 0) is 36.4 Å². The molecule has 1 N–H and O–H groups in total. The van der Waals surface area contributed by atoms with Gasteiger partial charge in [0.2, 0.25) is 10.0 Å². The van der Waals surface area contributed by atoms with Gasteiger partial charge in [0.25, 0.3) is 5.91 Å². The molecule has 0 aliphatic carbocycles. The molecule has 0 atom stereocenters. The van der Waals surface area contributed by atoms with E-state index in [0.29, 0.717) is 16.4 Å². The Morgan fingerprint density at radius 2 is 1.93 bits per heavy atom. The number of nitrogens with zero attached hydrogens (tertiary/aromatic N) is 2. The number of thiazole rings is 1. The van der Waals surface area contributed by atoms with Gasteiger partial charge in [0.05, 0.1) is 27.8 Å². The second kappa shape index (κ2) is 8.78. The summed E-state index contributed by atoms with van der Waals surface area (Å²) in [6, 6.07) is 10.8. The van der Waals surface area contributed by atoms with Gasteiger partial charge in [-0.25, -0.2) is 22.5 Å². The van der Waals surface area contributed by atoms with E-state index in [1.165, 1.54) is 49.7 Å². The molecule has 1 heterocycles. The van der Waals surface area contributed by atoms with Crippen molar-refractivity contribution in [2.75, 3.05) is 33.1 Å². The normalized spacial score (nSPS) is 11.5. The molecule has 0 spiro atoms. The van der Waals surface area contributed by atoms with Crippen LogP contribution in [0.1, 0.15) is 10.4 Å². The average Bonchev–Trinajstić information content (AvgIpc) is 3.13. The van der Waals surface area contributed by atoms with E-state index in [1.807, 2.05) is 0 Å². The van der Waals surface area contributed by atoms with Gasteiger partial charge in [-0.3, -0.25) is 10.1 Å². The summed E-state index contributed by atoms with van der Waals surface area (Å²) in [6.07, 6.45) is 0. The van der Waals surface area contributed by atoms with E-state index in [-0.39, 0.29) is 10.5 Å². The van der Waals surface area contributed by atoms with E-state index in [4.69, 9.17) is 9.47 Å². The van der Waals surface area contributed by atoms with Crippen molar-refractivity contribution in [1.82, 2.24) is 9.29 Å². The number of anilines is 1. The van der Waals surface area contributed by atoms with Gasteiger partial charge in [-0.2, -0.15) is 0 Å². The number of hydrogen-bond acceptors (Lipinski definition) is 8. The molecule has 0 saturated carbocycles. The summed E-state index contributed by atoms with van der Waals surface area (Å²) in [7, 11) is 0.651. The Kier molecular flexibility index (Phi) is 6.34. The molecule has 0 radical (unpaired) electrons. The van der Waals surface area contributed by atoms with Crippen molar-refractivity contribution in [3.63, 3.8) is 0 Å². The largest absolute Gasteiger partial charge is 0.497 e. The topological polar surface area (TPSA) is 115 Å². The van der Waals surface area contributed by atoms with Crippen LogP contribution >= 0.6 is 11.3 Å². The summed E-state index contributed by atoms with van der Waals surface area (Å²) in [5.41, 5.74) is 0.727. The maximum atomic E-state index is 12.2. The Hall–Kier alpha value is -3.02. The van der Waals surface area contributed by atoms with Crippen LogP contribution in [0.2, 0.25) is 0 Å². The van der Waals surface area contributed by atoms with Crippen LogP contribution in [0.4, 0.5) is 5.13 Å². The Bertz CT molecular complexity index is 1200. The quantitative estimate of drug-likeness (QED) is 0.551. The number of aromatic nitrogens is 1. The van der Waals surface area contributed by atoms with Crippen LogP contribution in [-0.4, -0.2) is 57.4 Å². The second-order valence-corrected chi connectivity index (χ2v) is 9.47. The fraction of sp³-hybridized carbons (Fsp3) is 0.211. The summed E-state index contributed by atoms with van der Waals surface area (Å²) in [5, 5.41) is 2.93. The first-order chi connectivity index (χ1) is 14.2. The molecule has 0 fully saturated rings. The predicted molar refractivity (Wildman–Crippen MR) is 112 cm³/mol. The van der Waals surface area contributed by atoms with Crippen molar-refractivity contribution in [3.05, 3.63) is 48.0 Å². The van der Waals surface area contributed by atoms with Gasteiger partial charge in [0.1, 0.15) is 5.75 Å². The predicted octanol–water partition coefficient (Wildman–Crippen LogP) is 2.35. The van der Waals surface area contributed by atoms with E-state index < -0.39 is 28.5 Å². The molecule has 0 aliphatic heterocycles. The maximum Gasteiger partial charge on any atom is 0.338 e. The van der Waals surface area contributed by atoms with Crippen molar-refractivity contribution < 1.29 is 27.5 Å². The van der Waals surface area contributed by atoms with Crippen LogP contribution in [0.25, 0.3) is 10.2 Å². The lowest BCUT2D eigenvalue weighted by atomic mass is 10.2. The summed E-state index contributed by atoms with van der Waals surface area (Å²) >= 11 is 1.26. The van der Waals surface area contributed by atoms with Gasteiger partial charge in [-0.1, -0.05) is 17.4 Å². The van der Waals surface area contributed by atoms with Gasteiger partial charge < -0.3 is 9.47 Å². The highest BCUT2D eigenvalue weighted by Gasteiger charge is 2.19. The number of ether oxygens (including phenoxy) is 2. The molecule has 3 aromatic rings. The average molecular weight is 450 g/mol. The van der Waals surface area contributed by atoms with Gasteiger partial charge in [-0.15, -0.1) is 0 Å². The highest BCUT2D eigenvalue weighted by molar-refractivity contribution is 7.89. The van der Waals surface area contributed by atoms with Crippen LogP contribution in [0.3, 0.4) is 0 Å². The zero-order chi connectivity index (χ0) is 21.9. The Morgan fingerprint density at radius 3 is 2.63 bits per heavy atom. The number of esters is 1. The lowest BCUT2D eigenvalue weighted by Gasteiger charge is -2.12. The minimum Gasteiger partial charge on any atom is -0.497 e. The Balaban J connectivity index is 1.63. The van der Waals surface area contributed by atoms with E-state index in [0.717, 1.165) is 9.01 Å². The molecular formula is C19H19N3O6S2. The molecule has 0 aliphatic rings. The molecule has 3 rings (SSSR count). The highest BCUT2D eigenvalue weighted by atomic mass is 32.2. The van der Waals surface area contributed by atoms with Crippen molar-refractivity contribution in [2.45, 2.75) is 4.90 Å². The first kappa shape index (κ1) is 21.7. The Morgan fingerprint density at radius 1 is 1.17 bits per heavy atom. The summed E-state index contributed by atoms with van der Waals surface area (Å²) in [4.78, 5) is 28.6. The number of fused-ring (bicyclic) bond motifs is 1. The number of carbonyl (C=O) groups excluding carboxylic acids is 2. The number of hydrogen-bond donors (Lipinski definition) is 1. The lowest BCUT2D eigenvalue weighted by Crippen LogP contribution is -2.23. The van der Waals surface area contributed by atoms with Crippen molar-refractivity contribution in [1.29, 1.82) is 0 Å². The minimum absolute atomic E-state index is 0.0257. The minimum atomic E-state index is -3.69. The zero-order valence-corrected chi connectivity index (χ0v) is 18.0. The maximum absolute atomic E-state index is 12.2. The third-order valence-electron chi connectivity index (χ3n) is 4.02. The van der Waals surface area contributed by atoms with E-state index >= 15 is 0 Å². The van der Waals surface area contributed by atoms with Gasteiger partial charge in [0, 0.05) is 14.1 Å². The summed E-state index contributed by atoms with van der Waals surface area (Å²) in [6.45, 7) is -0.539. The van der Waals surface area contributed by atoms with E-state index in [9.17, 15) is 18.0 Å². The number of benzene rings is 2. The molecule has 0 bridgehead atoms. The van der Waals surface area contributed by atoms with Crippen LogP contribution in [0.5, 0.6) is 5.75 Å². The molecule has 9 nitrogen and oxygen atoms in total. The third-order valence-corrected chi connectivity index (χ3v) is 6.77. The molecular weight excluding hydrogens is 430 g/mol. The number of rotatable bonds is 7. The van der Waals surface area contributed by atoms with Crippen molar-refractivity contribution in [2.24, 2.45) is 0 Å². The third kappa shape index (κ3) is 4.75. The van der Waals surface area contributed by atoms with Crippen LogP contribution < -0.4 is 10.1 Å². The SMILES string of the molecule is COc1ccc2nc(NC(=O)COC(=O)c3cccc(S(=O)(=O)N(C)C)c3)sc2c1. The number of amides is 1. The van der Waals surface area contributed by atoms with Crippen LogP contribution in [0.15, 0.2) is 47.4 Å². The summed E-state index contributed by atoms with van der Waals surface area (Å²) < 4.78 is 36.4. The van der Waals surface area contributed by atoms with Crippen LogP contribution in [0, 0.1) is 0 Å². The smallest absolute Gasteiger partial charge is 0.338 e. The first-order valence-electron chi connectivity index (χ1n) is 8.65. The molecule has 1 aromatic heterocycles. The Labute approximate surface area is 177 Å². The van der Waals surface area contributed by atoms with E-state index in [2.05, 4.69) is 10.3 Å². The molecule has 30 heavy (non-hydrogen) atoms. The second-order valence-electron chi connectivity index (χ2n) is 6.29. The number of carbonyl (C=O) groups is 2. The standard InChI is InChI=1S/C19H19N3O6S2/c1-22(2)30(25,26)14-6-4-5-12(9-14)18(24)28-11-17(23)21-19-20-15-8-7-13(27-3)10-16(15)29-19/h4-10H,11H2,1-3H3,(H,20,21,23). The monoisotopic (exact) mass is 449 g/mol. The lowest BCUT2D eigenvalue weighted by molar-refractivity contribution is -0.119. The molecule has 158 valence electrons. The van der Waals surface area contributed by atoms with Crippen molar-refractivity contribution >= 4 is 48.6 Å². The number of nitrogens with one attached hydrogen (secondary N) is 1. The highest BCUT2D eigenvalue weighted by Crippen LogP contribution is 2.29. The zero-order valence-electron chi connectivity index (χ0n) is 16.4. The molecule has 0 unspecified atom stereocenters. The number of sulfonamides is 1. The molecule has 1 amide bonds. The van der Waals surface area contributed by atoms with E-state index in [1.54, 1.807) is 25.3 Å². The molecule has 2 aromatic carbocycles. The molecule has 0 saturated heterocycles. The summed E-state index contributed by atoms with van der Waals surface area (Å²) in [5.74, 6) is -0.696. The van der Waals surface area contributed by atoms with Crippen LogP contribution in [-0.2, 0) is 19.6 Å². The van der Waals surface area contributed by atoms with Crippen molar-refractivity contribution in [3.8, 4) is 5.75 Å². The fourth-order valence-electron chi connectivity index (χ4n) is 2.45. The molecule has 11 heteroatoms.